The molecule has 4 aromatic heterocycles. The SMILES string of the molecule is CC(C)n1cc(-c2ccc(OC3CN(c4ccccc4C#N)CSO3)cc2)c2c(N)ncnc21.Cc1ccc(Oc2cccc(Oc3ccc(-c4cn(C(C)C)c5ncnc(N)c45)cc3)c2C#N)cc1. The van der Waals surface area contributed by atoms with Crippen LogP contribution in [0.15, 0.2) is 140 Å². The number of rotatable bonds is 11. The van der Waals surface area contributed by atoms with Crippen molar-refractivity contribution in [3.05, 3.63) is 157 Å². The summed E-state index contributed by atoms with van der Waals surface area (Å²) in [6.07, 6.45) is 6.64. The number of hydrogen-bond donors (Lipinski definition) is 2. The van der Waals surface area contributed by atoms with E-state index in [4.69, 9.17) is 29.9 Å². The summed E-state index contributed by atoms with van der Waals surface area (Å²) in [4.78, 5) is 19.4. The van der Waals surface area contributed by atoms with Gasteiger partial charge in [-0.2, -0.15) is 10.5 Å². The van der Waals surface area contributed by atoms with Crippen LogP contribution in [-0.4, -0.2) is 47.8 Å². The van der Waals surface area contributed by atoms with Gasteiger partial charge in [0, 0.05) is 47.6 Å². The van der Waals surface area contributed by atoms with Crippen molar-refractivity contribution < 1.29 is 18.4 Å². The third kappa shape index (κ3) is 9.73. The number of ether oxygens (including phenoxy) is 3. The van der Waals surface area contributed by atoms with Crippen LogP contribution in [0.3, 0.4) is 0 Å². The fourth-order valence-corrected chi connectivity index (χ4v) is 8.85. The minimum atomic E-state index is -0.469. The third-order valence-electron chi connectivity index (χ3n) is 11.7. The van der Waals surface area contributed by atoms with Crippen LogP contribution in [0.5, 0.6) is 28.7 Å². The zero-order valence-electron chi connectivity index (χ0n) is 39.1. The summed E-state index contributed by atoms with van der Waals surface area (Å²) in [5, 5.41) is 20.9. The standard InChI is InChI=1S/C29H25N5O2.C25H24N6O2S/c1-18(2)34-16-24(27-28(31)32-17-33-29(27)34)20-9-13-22(14-10-20)36-26-6-4-5-25(23(26)15-30)35-21-11-7-19(3)8-12-21;1-16(2)31-12-20(23-24(27)28-14-29-25(23)31)17-7-9-19(10-8-17)32-22-13-30(15-34-33-22)21-6-4-3-5-18(21)11-26/h4-14,16-18H,1-3H3,(H2,31,32,33);3-10,12,14,16,22H,13,15H2,1-2H3,(H2,27,28,29). The van der Waals surface area contributed by atoms with Crippen LogP contribution in [0.25, 0.3) is 44.3 Å². The highest BCUT2D eigenvalue weighted by Gasteiger charge is 2.25. The predicted molar refractivity (Wildman–Crippen MR) is 274 cm³/mol. The molecule has 16 heteroatoms. The van der Waals surface area contributed by atoms with Gasteiger partial charge in [-0.15, -0.1) is 0 Å². The fourth-order valence-electron chi connectivity index (χ4n) is 8.16. The summed E-state index contributed by atoms with van der Waals surface area (Å²) in [5.74, 6) is 4.34. The fraction of sp³-hybridized carbons (Fsp3) is 0.185. The topological polar surface area (TPSA) is 201 Å². The maximum absolute atomic E-state index is 9.83. The van der Waals surface area contributed by atoms with Gasteiger partial charge in [0.25, 0.3) is 0 Å². The number of nitrogens with two attached hydrogens (primary N) is 2. The molecule has 1 aliphatic heterocycles. The molecule has 0 aliphatic carbocycles. The number of benzene rings is 5. The second-order valence-electron chi connectivity index (χ2n) is 17.1. The van der Waals surface area contributed by atoms with E-state index >= 15 is 0 Å². The molecule has 9 aromatic rings. The molecule has 0 saturated carbocycles. The van der Waals surface area contributed by atoms with E-state index in [0.29, 0.717) is 63.9 Å². The number of nitrogen functional groups attached to an aromatic ring is 2. The Labute approximate surface area is 409 Å². The first-order chi connectivity index (χ1) is 34.0. The van der Waals surface area contributed by atoms with Crippen molar-refractivity contribution in [1.82, 2.24) is 29.1 Å². The lowest BCUT2D eigenvalue weighted by molar-refractivity contribution is 0.0246. The molecule has 1 atom stereocenters. The van der Waals surface area contributed by atoms with Crippen LogP contribution in [-0.2, 0) is 4.18 Å². The molecule has 0 amide bonds. The van der Waals surface area contributed by atoms with Crippen LogP contribution >= 0.6 is 12.0 Å². The molecule has 5 aromatic carbocycles. The maximum Gasteiger partial charge on any atom is 0.229 e. The molecule has 1 saturated heterocycles. The summed E-state index contributed by atoms with van der Waals surface area (Å²) in [5.41, 5.74) is 20.9. The van der Waals surface area contributed by atoms with Gasteiger partial charge in [0.05, 0.1) is 34.4 Å². The Hall–Kier alpha value is -8.57. The van der Waals surface area contributed by atoms with E-state index in [9.17, 15) is 10.5 Å². The Morgan fingerprint density at radius 2 is 1.16 bits per heavy atom. The molecule has 5 heterocycles. The van der Waals surface area contributed by atoms with Crippen LogP contribution in [0.2, 0.25) is 0 Å². The molecule has 70 heavy (non-hydrogen) atoms. The second kappa shape index (κ2) is 20.3. The molecule has 350 valence electrons. The van der Waals surface area contributed by atoms with Gasteiger partial charge in [0.2, 0.25) is 6.29 Å². The number of para-hydroxylation sites is 1. The Morgan fingerprint density at radius 3 is 1.67 bits per heavy atom. The minimum Gasteiger partial charge on any atom is -0.462 e. The predicted octanol–water partition coefficient (Wildman–Crippen LogP) is 12.0. The van der Waals surface area contributed by atoms with Crippen molar-refractivity contribution in [2.24, 2.45) is 0 Å². The number of fused-ring (bicyclic) bond motifs is 2. The molecule has 4 N–H and O–H groups in total. The van der Waals surface area contributed by atoms with E-state index in [1.807, 2.05) is 104 Å². The van der Waals surface area contributed by atoms with Gasteiger partial charge in [0.15, 0.2) is 0 Å². The van der Waals surface area contributed by atoms with Gasteiger partial charge >= 0.3 is 0 Å². The van der Waals surface area contributed by atoms with Crippen molar-refractivity contribution in [3.8, 4) is 63.1 Å². The number of aryl methyl sites for hydroxylation is 1. The zero-order valence-corrected chi connectivity index (χ0v) is 40.0. The Morgan fingerprint density at radius 1 is 0.643 bits per heavy atom. The van der Waals surface area contributed by atoms with E-state index in [2.05, 4.69) is 86.2 Å². The Kier molecular flexibility index (Phi) is 13.5. The normalized spacial score (nSPS) is 13.4. The minimum absolute atomic E-state index is 0.219. The largest absolute Gasteiger partial charge is 0.462 e. The first-order valence-electron chi connectivity index (χ1n) is 22.6. The number of nitriles is 2. The average molecular weight is 948 g/mol. The lowest BCUT2D eigenvalue weighted by Crippen LogP contribution is -2.40. The smallest absolute Gasteiger partial charge is 0.229 e. The van der Waals surface area contributed by atoms with Crippen LogP contribution < -0.4 is 30.6 Å². The summed E-state index contributed by atoms with van der Waals surface area (Å²) < 4.78 is 28.1. The third-order valence-corrected chi connectivity index (χ3v) is 12.5. The number of hydrogen-bond acceptors (Lipinski definition) is 14. The molecule has 1 fully saturated rings. The van der Waals surface area contributed by atoms with Crippen molar-refractivity contribution in [2.45, 2.75) is 53.0 Å². The second-order valence-corrected chi connectivity index (χ2v) is 17.7. The van der Waals surface area contributed by atoms with Crippen LogP contribution in [0, 0.1) is 29.6 Å². The van der Waals surface area contributed by atoms with E-state index in [0.717, 1.165) is 55.6 Å². The molecule has 1 unspecified atom stereocenters. The number of nitrogens with zero attached hydrogens (tertiary/aromatic N) is 9. The molecule has 10 rings (SSSR count). The lowest BCUT2D eigenvalue weighted by Gasteiger charge is -2.33. The summed E-state index contributed by atoms with van der Waals surface area (Å²) in [6, 6.07) is 40.9. The van der Waals surface area contributed by atoms with Gasteiger partial charge in [-0.1, -0.05) is 60.2 Å². The molecule has 1 aliphatic rings. The van der Waals surface area contributed by atoms with E-state index in [1.165, 1.54) is 24.7 Å². The van der Waals surface area contributed by atoms with Crippen molar-refractivity contribution in [3.63, 3.8) is 0 Å². The first kappa shape index (κ1) is 46.5. The van der Waals surface area contributed by atoms with E-state index in [-0.39, 0.29) is 12.1 Å². The Bertz CT molecular complexity index is 3400. The molecular weight excluding hydrogens is 899 g/mol. The van der Waals surface area contributed by atoms with Crippen molar-refractivity contribution in [2.75, 3.05) is 28.8 Å². The zero-order chi connectivity index (χ0) is 48.9. The molecule has 0 bridgehead atoms. The van der Waals surface area contributed by atoms with Crippen LogP contribution in [0.4, 0.5) is 17.3 Å². The van der Waals surface area contributed by atoms with Gasteiger partial charge in [0.1, 0.15) is 82.0 Å². The maximum atomic E-state index is 9.83. The monoisotopic (exact) mass is 947 g/mol. The quantitative estimate of drug-likeness (QED) is 0.116. The highest BCUT2D eigenvalue weighted by atomic mass is 32.2. The van der Waals surface area contributed by atoms with Gasteiger partial charge in [-0.05, 0) is 106 Å². The molecule has 15 nitrogen and oxygen atoms in total. The highest BCUT2D eigenvalue weighted by molar-refractivity contribution is 7.94. The van der Waals surface area contributed by atoms with Crippen LogP contribution in [0.1, 0.15) is 56.5 Å². The van der Waals surface area contributed by atoms with E-state index in [1.54, 1.807) is 18.2 Å². The average Bonchev–Trinajstić information content (AvgIpc) is 3.98. The highest BCUT2D eigenvalue weighted by Crippen LogP contribution is 2.39. The number of aromatic nitrogens is 6. The Balaban J connectivity index is 0.000000174. The molecular formula is C54H49N11O4S. The summed E-state index contributed by atoms with van der Waals surface area (Å²) >= 11 is 1.31. The lowest BCUT2D eigenvalue weighted by atomic mass is 10.1. The number of anilines is 3. The summed E-state index contributed by atoms with van der Waals surface area (Å²) in [6.45, 7) is 10.9. The summed E-state index contributed by atoms with van der Waals surface area (Å²) in [7, 11) is 0. The van der Waals surface area contributed by atoms with Crippen molar-refractivity contribution >= 4 is 51.4 Å². The van der Waals surface area contributed by atoms with Gasteiger partial charge in [-0.3, -0.25) is 4.18 Å². The first-order valence-corrected chi connectivity index (χ1v) is 23.5. The molecule has 0 radical (unpaired) electrons. The van der Waals surface area contributed by atoms with E-state index < -0.39 is 6.29 Å². The molecule has 0 spiro atoms. The van der Waals surface area contributed by atoms with Gasteiger partial charge in [-0.25, -0.2) is 19.9 Å². The van der Waals surface area contributed by atoms with Gasteiger partial charge < -0.3 is 39.7 Å². The van der Waals surface area contributed by atoms with Crippen molar-refractivity contribution in [1.29, 1.82) is 10.5 Å².